The quantitative estimate of drug-likeness (QED) is 0.0275. The van der Waals surface area contributed by atoms with Gasteiger partial charge in [-0.05, 0) is 61.2 Å². The van der Waals surface area contributed by atoms with Gasteiger partial charge in [0, 0.05) is 0 Å². The largest absolute Gasteiger partial charge is 0.374 e. The molecule has 0 aliphatic rings. The van der Waals surface area contributed by atoms with Crippen LogP contribution in [0.15, 0.2) is 334 Å². The van der Waals surface area contributed by atoms with Gasteiger partial charge in [-0.25, -0.2) is 0 Å². The number of rotatable bonds is 38. The Balaban J connectivity index is 1.02. The Morgan fingerprint density at radius 3 is 0.745 bits per heavy atom. The van der Waals surface area contributed by atoms with Crippen LogP contribution in [0.1, 0.15) is 61.2 Å². The van der Waals surface area contributed by atoms with E-state index in [4.69, 9.17) is 47.4 Å². The van der Waals surface area contributed by atoms with Gasteiger partial charge < -0.3 is 47.4 Å². The maximum Gasteiger partial charge on any atom is 0.219 e. The standard InChI is InChI=1S/C84H82O10/c1-12-34-68(35-13-1)56-85-61-79(63-90-83(73-44-22-6-23-45-73,74-46-24-7-25-47-74)75-48-26-8-27-49-75)92-81(65-87-58-70-38-16-3-17-39-70)94-82(66-88-59-71-40-18-4-19-41-71,67-89-60-72-42-20-5-21-43-72)93-80(62-86-57-69-36-14-2-15-37-69)64-91-84(76-50-28-9-29-51-76,77-52-30-10-31-53-77)78-54-32-11-33-55-78/h1-55,79-81H,56-67H2/t79-,80-,81+/m0/s1. The molecular weight excluding hydrogens is 1170 g/mol. The van der Waals surface area contributed by atoms with Crippen molar-refractivity contribution in [3.05, 3.63) is 395 Å². The van der Waals surface area contributed by atoms with Crippen LogP contribution in [-0.2, 0) is 91.6 Å². The van der Waals surface area contributed by atoms with Gasteiger partial charge in [-0.15, -0.1) is 0 Å². The van der Waals surface area contributed by atoms with Crippen LogP contribution in [-0.4, -0.2) is 70.5 Å². The fourth-order valence-corrected chi connectivity index (χ4v) is 11.7. The SMILES string of the molecule is c1ccc(COC[C@@H](COC(c2ccccc2)(c2ccccc2)c2ccccc2)O[C@@H](COCc2ccccc2)OC(COCc2ccccc2)(COCc2ccccc2)O[C@@H](COCc2ccccc2)COC(c2ccccc2)(c2ccccc2)c2ccccc2)cc1. The summed E-state index contributed by atoms with van der Waals surface area (Å²) in [4.78, 5) is 0. The van der Waals surface area contributed by atoms with Gasteiger partial charge in [0.05, 0.1) is 66.1 Å². The minimum Gasteiger partial charge on any atom is -0.374 e. The molecule has 478 valence electrons. The van der Waals surface area contributed by atoms with Crippen molar-refractivity contribution in [2.24, 2.45) is 0 Å². The molecule has 0 N–H and O–H groups in total. The van der Waals surface area contributed by atoms with E-state index in [9.17, 15) is 0 Å². The van der Waals surface area contributed by atoms with Crippen LogP contribution in [0.3, 0.4) is 0 Å². The molecule has 0 aliphatic heterocycles. The second-order valence-corrected chi connectivity index (χ2v) is 23.1. The molecule has 0 saturated carbocycles. The van der Waals surface area contributed by atoms with Gasteiger partial charge in [0.15, 0.2) is 6.29 Å². The Kier molecular flexibility index (Phi) is 25.0. The van der Waals surface area contributed by atoms with Crippen LogP contribution in [0.25, 0.3) is 0 Å². The van der Waals surface area contributed by atoms with Gasteiger partial charge in [0.1, 0.15) is 36.6 Å². The Bertz CT molecular complexity index is 3570. The van der Waals surface area contributed by atoms with Crippen LogP contribution in [0.4, 0.5) is 0 Å². The lowest BCUT2D eigenvalue weighted by Crippen LogP contribution is -2.54. The van der Waals surface area contributed by atoms with Gasteiger partial charge in [0.2, 0.25) is 5.79 Å². The fraction of sp³-hybridized carbons (Fsp3) is 0.214. The maximum absolute atomic E-state index is 7.74. The predicted molar refractivity (Wildman–Crippen MR) is 368 cm³/mol. The summed E-state index contributed by atoms with van der Waals surface area (Å²) >= 11 is 0. The Morgan fingerprint density at radius 1 is 0.223 bits per heavy atom. The first kappa shape index (κ1) is 66.5. The van der Waals surface area contributed by atoms with Crippen molar-refractivity contribution in [3.63, 3.8) is 0 Å². The first-order chi connectivity index (χ1) is 46.6. The summed E-state index contributed by atoms with van der Waals surface area (Å²) in [5, 5.41) is 0. The van der Waals surface area contributed by atoms with Gasteiger partial charge >= 0.3 is 0 Å². The molecule has 0 bridgehead atoms. The van der Waals surface area contributed by atoms with E-state index in [0.717, 1.165) is 61.2 Å². The lowest BCUT2D eigenvalue weighted by molar-refractivity contribution is -0.370. The Hall–Kier alpha value is -8.98. The van der Waals surface area contributed by atoms with E-state index in [2.05, 4.69) is 72.8 Å². The normalized spacial score (nSPS) is 12.9. The average Bonchev–Trinajstić information content (AvgIpc) is 0.772. The van der Waals surface area contributed by atoms with Crippen molar-refractivity contribution in [2.45, 2.75) is 68.5 Å². The number of benzene rings is 11. The first-order valence-corrected chi connectivity index (χ1v) is 32.3. The molecule has 11 aromatic carbocycles. The smallest absolute Gasteiger partial charge is 0.219 e. The van der Waals surface area contributed by atoms with Crippen molar-refractivity contribution in [3.8, 4) is 0 Å². The predicted octanol–water partition coefficient (Wildman–Crippen LogP) is 16.9. The molecule has 0 amide bonds. The molecular formula is C84H82O10. The monoisotopic (exact) mass is 1250 g/mol. The molecule has 11 rings (SSSR count). The van der Waals surface area contributed by atoms with Gasteiger partial charge in [-0.2, -0.15) is 0 Å². The third-order valence-electron chi connectivity index (χ3n) is 16.2. The number of ether oxygens (including phenoxy) is 10. The van der Waals surface area contributed by atoms with Crippen molar-refractivity contribution in [1.29, 1.82) is 0 Å². The van der Waals surface area contributed by atoms with Crippen molar-refractivity contribution in [1.82, 2.24) is 0 Å². The summed E-state index contributed by atoms with van der Waals surface area (Å²) in [6, 6.07) is 112. The van der Waals surface area contributed by atoms with E-state index in [1.807, 2.05) is 261 Å². The van der Waals surface area contributed by atoms with Crippen molar-refractivity contribution < 1.29 is 47.4 Å². The van der Waals surface area contributed by atoms with Crippen LogP contribution >= 0.6 is 0 Å². The lowest BCUT2D eigenvalue weighted by Gasteiger charge is -2.41. The molecule has 0 aliphatic carbocycles. The van der Waals surface area contributed by atoms with Crippen molar-refractivity contribution >= 4 is 0 Å². The molecule has 11 aromatic rings. The van der Waals surface area contributed by atoms with Gasteiger partial charge in [-0.3, -0.25) is 0 Å². The summed E-state index contributed by atoms with van der Waals surface area (Å²) < 4.78 is 72.1. The zero-order chi connectivity index (χ0) is 64.0. The molecule has 94 heavy (non-hydrogen) atoms. The summed E-state index contributed by atoms with van der Waals surface area (Å²) in [6.07, 6.45) is -2.85. The molecule has 0 unspecified atom stereocenters. The summed E-state index contributed by atoms with van der Waals surface area (Å²) in [5.74, 6) is -1.78. The van der Waals surface area contributed by atoms with E-state index in [1.165, 1.54) is 0 Å². The summed E-state index contributed by atoms with van der Waals surface area (Å²) in [6.45, 7) is 1.13. The zero-order valence-corrected chi connectivity index (χ0v) is 53.1. The van der Waals surface area contributed by atoms with Gasteiger partial charge in [-0.1, -0.05) is 334 Å². The molecule has 10 heteroatoms. The lowest BCUT2D eigenvalue weighted by atomic mass is 9.80. The molecule has 0 heterocycles. The zero-order valence-electron chi connectivity index (χ0n) is 53.1. The van der Waals surface area contributed by atoms with E-state index in [-0.39, 0.29) is 66.1 Å². The highest BCUT2D eigenvalue weighted by Gasteiger charge is 2.44. The number of hydrogen-bond acceptors (Lipinski definition) is 10. The Labute approximate surface area is 554 Å². The third-order valence-corrected chi connectivity index (χ3v) is 16.2. The van der Waals surface area contributed by atoms with E-state index in [1.54, 1.807) is 0 Å². The molecule has 10 nitrogen and oxygen atoms in total. The first-order valence-electron chi connectivity index (χ1n) is 32.3. The molecule has 0 spiro atoms. The summed E-state index contributed by atoms with van der Waals surface area (Å²) in [5.41, 5.74) is 8.26. The Morgan fingerprint density at radius 2 is 0.457 bits per heavy atom. The topological polar surface area (TPSA) is 92.3 Å². The fourth-order valence-electron chi connectivity index (χ4n) is 11.7. The second-order valence-electron chi connectivity index (χ2n) is 23.1. The maximum atomic E-state index is 7.74. The van der Waals surface area contributed by atoms with E-state index >= 15 is 0 Å². The average molecular weight is 1250 g/mol. The molecule has 0 radical (unpaired) electrons. The van der Waals surface area contributed by atoms with Gasteiger partial charge in [0.25, 0.3) is 0 Å². The van der Waals surface area contributed by atoms with E-state index in [0.29, 0.717) is 13.2 Å². The third kappa shape index (κ3) is 18.7. The molecule has 3 atom stereocenters. The highest BCUT2D eigenvalue weighted by Crippen LogP contribution is 2.43. The second kappa shape index (κ2) is 35.3. The van der Waals surface area contributed by atoms with Crippen LogP contribution in [0.5, 0.6) is 0 Å². The molecule has 0 saturated heterocycles. The van der Waals surface area contributed by atoms with Crippen LogP contribution in [0, 0.1) is 0 Å². The number of hydrogen-bond donors (Lipinski definition) is 0. The minimum atomic E-state index is -1.78. The van der Waals surface area contributed by atoms with Crippen LogP contribution < -0.4 is 0 Å². The highest BCUT2D eigenvalue weighted by atomic mass is 16.8. The highest BCUT2D eigenvalue weighted by molar-refractivity contribution is 5.49. The molecule has 0 fully saturated rings. The molecule has 0 aromatic heterocycles. The van der Waals surface area contributed by atoms with Crippen LogP contribution in [0.2, 0.25) is 0 Å². The summed E-state index contributed by atoms with van der Waals surface area (Å²) in [7, 11) is 0. The van der Waals surface area contributed by atoms with Crippen molar-refractivity contribution in [2.75, 3.05) is 46.2 Å². The van der Waals surface area contributed by atoms with E-state index < -0.39 is 35.5 Å². The minimum absolute atomic E-state index is 0.00366.